The molecule has 6 heteroatoms. The van der Waals surface area contributed by atoms with Crippen molar-refractivity contribution in [2.45, 2.75) is 18.2 Å². The molecule has 1 aromatic carbocycles. The fraction of sp³-hybridized carbons (Fsp3) is 0.273. The predicted molar refractivity (Wildman–Crippen MR) is 61.7 cm³/mol. The monoisotopic (exact) mass is 260 g/mol. The molecule has 0 aromatic heterocycles. The number of alkyl halides is 3. The Bertz CT molecular complexity index is 414. The number of thioether (sulfide) groups is 1. The molecule has 1 atom stereocenters. The summed E-state index contributed by atoms with van der Waals surface area (Å²) in [6.45, 7) is 0.517. The Balaban J connectivity index is 2.06. The highest BCUT2D eigenvalue weighted by Gasteiger charge is 2.30. The van der Waals surface area contributed by atoms with Crippen LogP contribution in [-0.4, -0.2) is 10.4 Å². The van der Waals surface area contributed by atoms with Crippen LogP contribution in [-0.2, 0) is 12.7 Å². The van der Waals surface area contributed by atoms with Crippen molar-refractivity contribution in [3.05, 3.63) is 47.0 Å². The lowest BCUT2D eigenvalue weighted by Crippen LogP contribution is -2.31. The van der Waals surface area contributed by atoms with Crippen LogP contribution in [0, 0.1) is 0 Å². The fourth-order valence-corrected chi connectivity index (χ4v) is 2.20. The molecule has 0 radical (unpaired) electrons. The highest BCUT2D eigenvalue weighted by molar-refractivity contribution is 8.02. The normalized spacial score (nSPS) is 20.0. The van der Waals surface area contributed by atoms with Gasteiger partial charge < -0.3 is 10.6 Å². The van der Waals surface area contributed by atoms with E-state index in [9.17, 15) is 13.2 Å². The second-order valence-corrected chi connectivity index (χ2v) is 4.71. The van der Waals surface area contributed by atoms with Gasteiger partial charge in [0.25, 0.3) is 0 Å². The van der Waals surface area contributed by atoms with Crippen molar-refractivity contribution in [2.75, 3.05) is 0 Å². The molecule has 2 nitrogen and oxygen atoms in total. The molecule has 1 heterocycles. The van der Waals surface area contributed by atoms with E-state index in [0.717, 1.165) is 17.7 Å². The Morgan fingerprint density at radius 1 is 1.24 bits per heavy atom. The third-order valence-electron chi connectivity index (χ3n) is 2.44. The maximum atomic E-state index is 12.3. The van der Waals surface area contributed by atoms with Gasteiger partial charge in [-0.25, -0.2) is 0 Å². The molecule has 2 rings (SSSR count). The molecule has 0 bridgehead atoms. The van der Waals surface area contributed by atoms with E-state index < -0.39 is 11.7 Å². The van der Waals surface area contributed by atoms with E-state index in [1.54, 1.807) is 0 Å². The molecule has 0 saturated heterocycles. The van der Waals surface area contributed by atoms with Crippen molar-refractivity contribution in [1.82, 2.24) is 4.90 Å². The summed E-state index contributed by atoms with van der Waals surface area (Å²) in [6, 6.07) is 5.14. The third kappa shape index (κ3) is 2.95. The first kappa shape index (κ1) is 12.3. The molecule has 1 aliphatic heterocycles. The molecular weight excluding hydrogens is 249 g/mol. The van der Waals surface area contributed by atoms with E-state index in [4.69, 9.17) is 5.73 Å². The second-order valence-electron chi connectivity index (χ2n) is 3.68. The van der Waals surface area contributed by atoms with Crippen LogP contribution >= 0.6 is 11.8 Å². The smallest absolute Gasteiger partial charge is 0.349 e. The zero-order valence-corrected chi connectivity index (χ0v) is 9.63. The van der Waals surface area contributed by atoms with Gasteiger partial charge >= 0.3 is 6.18 Å². The quantitative estimate of drug-likeness (QED) is 0.886. The largest absolute Gasteiger partial charge is 0.416 e. The Morgan fingerprint density at radius 3 is 2.35 bits per heavy atom. The third-order valence-corrected chi connectivity index (χ3v) is 3.27. The van der Waals surface area contributed by atoms with Gasteiger partial charge in [-0.15, -0.1) is 0 Å². The van der Waals surface area contributed by atoms with Gasteiger partial charge in [0.2, 0.25) is 0 Å². The standard InChI is InChI=1S/C11H11F3N2S/c12-11(13,14)9-3-1-8(2-4-9)7-16-5-6-17-10(16)15/h1-6,10H,7,15H2. The summed E-state index contributed by atoms with van der Waals surface area (Å²) in [5.74, 6) is 0. The highest BCUT2D eigenvalue weighted by atomic mass is 32.2. The van der Waals surface area contributed by atoms with Gasteiger partial charge in [0, 0.05) is 12.7 Å². The Kier molecular flexibility index (Phi) is 3.35. The van der Waals surface area contributed by atoms with Crippen LogP contribution in [0.1, 0.15) is 11.1 Å². The molecule has 1 aliphatic rings. The lowest BCUT2D eigenvalue weighted by Gasteiger charge is -2.21. The zero-order valence-electron chi connectivity index (χ0n) is 8.82. The van der Waals surface area contributed by atoms with E-state index in [2.05, 4.69) is 0 Å². The number of nitrogens with zero attached hydrogens (tertiary/aromatic N) is 1. The Hall–Kier alpha value is -1.14. The SMILES string of the molecule is NC1SC=CN1Cc1ccc(C(F)(F)F)cc1. The van der Waals surface area contributed by atoms with Crippen LogP contribution < -0.4 is 5.73 Å². The minimum Gasteiger partial charge on any atom is -0.349 e. The molecule has 0 aliphatic carbocycles. The molecule has 0 saturated carbocycles. The highest BCUT2D eigenvalue weighted by Crippen LogP contribution is 2.29. The van der Waals surface area contributed by atoms with E-state index >= 15 is 0 Å². The summed E-state index contributed by atoms with van der Waals surface area (Å²) in [7, 11) is 0. The van der Waals surface area contributed by atoms with Gasteiger partial charge in [-0.05, 0) is 23.1 Å². The van der Waals surface area contributed by atoms with Crippen molar-refractivity contribution >= 4 is 11.8 Å². The summed E-state index contributed by atoms with van der Waals surface area (Å²) in [5.41, 5.74) is 5.80. The Morgan fingerprint density at radius 2 is 1.88 bits per heavy atom. The van der Waals surface area contributed by atoms with Gasteiger partial charge in [-0.2, -0.15) is 13.2 Å². The molecule has 92 valence electrons. The maximum absolute atomic E-state index is 12.3. The molecule has 0 fully saturated rings. The average Bonchev–Trinajstić information content (AvgIpc) is 2.64. The first-order valence-electron chi connectivity index (χ1n) is 4.96. The summed E-state index contributed by atoms with van der Waals surface area (Å²) >= 11 is 1.48. The number of nitrogens with two attached hydrogens (primary N) is 1. The lowest BCUT2D eigenvalue weighted by atomic mass is 10.1. The van der Waals surface area contributed by atoms with Gasteiger partial charge in [-0.3, -0.25) is 0 Å². The summed E-state index contributed by atoms with van der Waals surface area (Å²) in [4.78, 5) is 1.87. The first-order chi connectivity index (χ1) is 7.97. The minimum atomic E-state index is -4.28. The fourth-order valence-electron chi connectivity index (χ4n) is 1.51. The molecule has 0 amide bonds. The molecule has 2 N–H and O–H groups in total. The van der Waals surface area contributed by atoms with Gasteiger partial charge in [-0.1, -0.05) is 23.9 Å². The van der Waals surface area contributed by atoms with Crippen LogP contribution in [0.3, 0.4) is 0 Å². The minimum absolute atomic E-state index is 0.155. The van der Waals surface area contributed by atoms with Crippen LogP contribution in [0.15, 0.2) is 35.9 Å². The maximum Gasteiger partial charge on any atom is 0.416 e. The molecule has 0 spiro atoms. The first-order valence-corrected chi connectivity index (χ1v) is 5.91. The van der Waals surface area contributed by atoms with Crippen molar-refractivity contribution < 1.29 is 13.2 Å². The molecule has 1 unspecified atom stereocenters. The van der Waals surface area contributed by atoms with Crippen molar-refractivity contribution in [2.24, 2.45) is 5.73 Å². The summed E-state index contributed by atoms with van der Waals surface area (Å²) in [5, 5.41) is 1.87. The van der Waals surface area contributed by atoms with Gasteiger partial charge in [0.1, 0.15) is 5.50 Å². The van der Waals surface area contributed by atoms with E-state index in [1.165, 1.54) is 23.9 Å². The lowest BCUT2D eigenvalue weighted by molar-refractivity contribution is -0.137. The number of halogens is 3. The van der Waals surface area contributed by atoms with Crippen LogP contribution in [0.4, 0.5) is 13.2 Å². The second kappa shape index (κ2) is 4.62. The van der Waals surface area contributed by atoms with E-state index in [0.29, 0.717) is 6.54 Å². The molecule has 1 aromatic rings. The van der Waals surface area contributed by atoms with Crippen molar-refractivity contribution in [3.63, 3.8) is 0 Å². The number of benzene rings is 1. The van der Waals surface area contributed by atoms with Crippen molar-refractivity contribution in [1.29, 1.82) is 0 Å². The average molecular weight is 260 g/mol. The van der Waals surface area contributed by atoms with E-state index in [-0.39, 0.29) is 5.50 Å². The Labute approximate surface area is 101 Å². The van der Waals surface area contributed by atoms with Gasteiger partial charge in [0.05, 0.1) is 5.56 Å². The molecule has 17 heavy (non-hydrogen) atoms. The van der Waals surface area contributed by atoms with Crippen LogP contribution in [0.2, 0.25) is 0 Å². The van der Waals surface area contributed by atoms with Crippen molar-refractivity contribution in [3.8, 4) is 0 Å². The van der Waals surface area contributed by atoms with Crippen LogP contribution in [0.25, 0.3) is 0 Å². The number of hydrogen-bond donors (Lipinski definition) is 1. The van der Waals surface area contributed by atoms with Gasteiger partial charge in [0.15, 0.2) is 0 Å². The number of hydrogen-bond acceptors (Lipinski definition) is 3. The van der Waals surface area contributed by atoms with E-state index in [1.807, 2.05) is 16.5 Å². The zero-order chi connectivity index (χ0) is 12.5. The predicted octanol–water partition coefficient (Wildman–Crippen LogP) is 2.97. The number of rotatable bonds is 2. The summed E-state index contributed by atoms with van der Waals surface area (Å²) in [6.07, 6.45) is -2.44. The topological polar surface area (TPSA) is 29.3 Å². The summed E-state index contributed by atoms with van der Waals surface area (Å²) < 4.78 is 37.0. The molecular formula is C11H11F3N2S. The van der Waals surface area contributed by atoms with Crippen LogP contribution in [0.5, 0.6) is 0 Å².